The first-order chi connectivity index (χ1) is 8.52. The third-order valence-corrected chi connectivity index (χ3v) is 1.91. The maximum absolute atomic E-state index is 11.1. The van der Waals surface area contributed by atoms with Crippen molar-refractivity contribution in [1.29, 1.82) is 0 Å². The molecule has 0 bridgehead atoms. The number of nitrogens with zero attached hydrogens (tertiary/aromatic N) is 1. The van der Waals surface area contributed by atoms with Crippen molar-refractivity contribution in [3.63, 3.8) is 0 Å². The van der Waals surface area contributed by atoms with Crippen LogP contribution >= 0.6 is 0 Å². The van der Waals surface area contributed by atoms with Gasteiger partial charge in [0.25, 0.3) is 0 Å². The van der Waals surface area contributed by atoms with Gasteiger partial charge in [0, 0.05) is 12.7 Å². The van der Waals surface area contributed by atoms with Crippen molar-refractivity contribution in [3.8, 4) is 0 Å². The van der Waals surface area contributed by atoms with Crippen LogP contribution in [0.5, 0.6) is 0 Å². The first kappa shape index (κ1) is 18.5. The SMILES string of the molecule is CC.CC.Cc1ccc(N(C)C(=O)C(=O)O)cc1. The Bertz CT molecular complexity index is 358. The van der Waals surface area contributed by atoms with Gasteiger partial charge >= 0.3 is 11.9 Å². The Morgan fingerprint density at radius 2 is 1.39 bits per heavy atom. The van der Waals surface area contributed by atoms with Crippen LogP contribution in [0.15, 0.2) is 24.3 Å². The fraction of sp³-hybridized carbons (Fsp3) is 0.429. The van der Waals surface area contributed by atoms with Gasteiger partial charge in [-0.3, -0.25) is 4.79 Å². The van der Waals surface area contributed by atoms with Crippen LogP contribution in [-0.2, 0) is 9.59 Å². The molecule has 1 aromatic rings. The second-order valence-corrected chi connectivity index (χ2v) is 3.00. The summed E-state index contributed by atoms with van der Waals surface area (Å²) in [6.45, 7) is 9.92. The molecule has 0 unspecified atom stereocenters. The van der Waals surface area contributed by atoms with E-state index in [1.807, 2.05) is 46.8 Å². The van der Waals surface area contributed by atoms with Crippen molar-refractivity contribution in [2.45, 2.75) is 34.6 Å². The van der Waals surface area contributed by atoms with E-state index in [0.29, 0.717) is 5.69 Å². The maximum Gasteiger partial charge on any atom is 0.394 e. The molecule has 0 spiro atoms. The highest BCUT2D eigenvalue weighted by Crippen LogP contribution is 2.13. The van der Waals surface area contributed by atoms with Crippen molar-refractivity contribution in [2.75, 3.05) is 11.9 Å². The summed E-state index contributed by atoms with van der Waals surface area (Å²) in [6, 6.07) is 7.05. The molecular weight excluding hydrogens is 230 g/mol. The average Bonchev–Trinajstić information content (AvgIpc) is 2.42. The molecule has 0 atom stereocenters. The zero-order chi connectivity index (χ0) is 14.7. The van der Waals surface area contributed by atoms with Gasteiger partial charge in [-0.2, -0.15) is 0 Å². The number of benzene rings is 1. The fourth-order valence-corrected chi connectivity index (χ4v) is 1.03. The number of carbonyl (C=O) groups is 2. The molecule has 0 aliphatic rings. The van der Waals surface area contributed by atoms with Crippen LogP contribution in [0.1, 0.15) is 33.3 Å². The molecule has 102 valence electrons. The maximum atomic E-state index is 11.1. The summed E-state index contributed by atoms with van der Waals surface area (Å²) in [6.07, 6.45) is 0. The highest BCUT2D eigenvalue weighted by molar-refractivity contribution is 6.37. The number of aryl methyl sites for hydroxylation is 1. The van der Waals surface area contributed by atoms with Crippen LogP contribution in [-0.4, -0.2) is 24.0 Å². The van der Waals surface area contributed by atoms with Crippen LogP contribution in [0.3, 0.4) is 0 Å². The highest BCUT2D eigenvalue weighted by Gasteiger charge is 2.17. The third kappa shape index (κ3) is 6.03. The monoisotopic (exact) mass is 253 g/mol. The minimum absolute atomic E-state index is 0.572. The van der Waals surface area contributed by atoms with Crippen molar-refractivity contribution in [1.82, 2.24) is 0 Å². The molecule has 1 amide bonds. The lowest BCUT2D eigenvalue weighted by Crippen LogP contribution is -2.32. The van der Waals surface area contributed by atoms with Gasteiger partial charge in [-0.15, -0.1) is 0 Å². The molecule has 4 heteroatoms. The van der Waals surface area contributed by atoms with E-state index in [9.17, 15) is 9.59 Å². The van der Waals surface area contributed by atoms with Gasteiger partial charge in [0.05, 0.1) is 0 Å². The van der Waals surface area contributed by atoms with E-state index in [-0.39, 0.29) is 0 Å². The topological polar surface area (TPSA) is 57.6 Å². The Kier molecular flexibility index (Phi) is 10.6. The summed E-state index contributed by atoms with van der Waals surface area (Å²) in [5.41, 5.74) is 1.63. The van der Waals surface area contributed by atoms with Crippen molar-refractivity contribution < 1.29 is 14.7 Å². The largest absolute Gasteiger partial charge is 0.474 e. The molecule has 4 nitrogen and oxygen atoms in total. The molecule has 0 saturated carbocycles. The second-order valence-electron chi connectivity index (χ2n) is 3.00. The van der Waals surface area contributed by atoms with E-state index in [1.54, 1.807) is 12.1 Å². The molecule has 1 rings (SSSR count). The van der Waals surface area contributed by atoms with E-state index < -0.39 is 11.9 Å². The number of likely N-dealkylation sites (N-methyl/N-ethyl adjacent to an activating group) is 1. The lowest BCUT2D eigenvalue weighted by Gasteiger charge is -2.14. The summed E-state index contributed by atoms with van der Waals surface area (Å²) < 4.78 is 0. The van der Waals surface area contributed by atoms with Gasteiger partial charge < -0.3 is 10.0 Å². The Morgan fingerprint density at radius 3 is 1.72 bits per heavy atom. The van der Waals surface area contributed by atoms with Crippen LogP contribution in [0, 0.1) is 6.92 Å². The van der Waals surface area contributed by atoms with Gasteiger partial charge in [0.1, 0.15) is 0 Å². The molecular formula is C14H23NO3. The van der Waals surface area contributed by atoms with Crippen LogP contribution in [0.25, 0.3) is 0 Å². The number of anilines is 1. The normalized spacial score (nSPS) is 8.11. The number of hydrogen-bond donors (Lipinski definition) is 1. The van der Waals surface area contributed by atoms with E-state index in [1.165, 1.54) is 7.05 Å². The van der Waals surface area contributed by atoms with Gasteiger partial charge in [0.15, 0.2) is 0 Å². The summed E-state index contributed by atoms with van der Waals surface area (Å²) >= 11 is 0. The smallest absolute Gasteiger partial charge is 0.394 e. The van der Waals surface area contributed by atoms with E-state index in [0.717, 1.165) is 10.5 Å². The molecule has 0 aliphatic carbocycles. The van der Waals surface area contributed by atoms with E-state index in [2.05, 4.69) is 0 Å². The standard InChI is InChI=1S/C10H11NO3.2C2H6/c1-7-3-5-8(6-4-7)11(2)9(12)10(13)14;2*1-2/h3-6H,1-2H3,(H,13,14);2*1-2H3. The van der Waals surface area contributed by atoms with Crippen molar-refractivity contribution >= 4 is 17.6 Å². The highest BCUT2D eigenvalue weighted by atomic mass is 16.4. The summed E-state index contributed by atoms with van der Waals surface area (Å²) in [4.78, 5) is 22.5. The summed E-state index contributed by atoms with van der Waals surface area (Å²) in [7, 11) is 1.43. The van der Waals surface area contributed by atoms with Gasteiger partial charge in [-0.05, 0) is 19.1 Å². The lowest BCUT2D eigenvalue weighted by molar-refractivity contribution is -0.148. The van der Waals surface area contributed by atoms with E-state index >= 15 is 0 Å². The molecule has 0 aliphatic heterocycles. The summed E-state index contributed by atoms with van der Waals surface area (Å²) in [5.74, 6) is -2.39. The van der Waals surface area contributed by atoms with Crippen molar-refractivity contribution in [2.24, 2.45) is 0 Å². The number of aliphatic carboxylic acids is 1. The lowest BCUT2D eigenvalue weighted by atomic mass is 10.2. The molecule has 18 heavy (non-hydrogen) atoms. The van der Waals surface area contributed by atoms with Gasteiger partial charge in [-0.1, -0.05) is 45.4 Å². The predicted octanol–water partition coefficient (Wildman–Crippen LogP) is 3.09. The minimum Gasteiger partial charge on any atom is -0.474 e. The summed E-state index contributed by atoms with van der Waals surface area (Å²) in [5, 5.41) is 8.48. The average molecular weight is 253 g/mol. The molecule has 0 saturated heterocycles. The molecule has 0 radical (unpaired) electrons. The quantitative estimate of drug-likeness (QED) is 0.782. The van der Waals surface area contributed by atoms with E-state index in [4.69, 9.17) is 5.11 Å². The first-order valence-electron chi connectivity index (χ1n) is 6.10. The van der Waals surface area contributed by atoms with Crippen LogP contribution in [0.4, 0.5) is 5.69 Å². The zero-order valence-electron chi connectivity index (χ0n) is 12.0. The Balaban J connectivity index is 0. The molecule has 0 aromatic heterocycles. The van der Waals surface area contributed by atoms with Crippen LogP contribution < -0.4 is 4.90 Å². The fourth-order valence-electron chi connectivity index (χ4n) is 1.03. The molecule has 1 N–H and O–H groups in total. The Morgan fingerprint density at radius 1 is 1.00 bits per heavy atom. The predicted molar refractivity (Wildman–Crippen MR) is 74.9 cm³/mol. The number of hydrogen-bond acceptors (Lipinski definition) is 2. The molecule has 0 heterocycles. The minimum atomic E-state index is -1.45. The Hall–Kier alpha value is -1.84. The first-order valence-corrected chi connectivity index (χ1v) is 6.10. The second kappa shape index (κ2) is 10.3. The molecule has 0 fully saturated rings. The Labute approximate surface area is 109 Å². The number of carbonyl (C=O) groups excluding carboxylic acids is 1. The van der Waals surface area contributed by atoms with Gasteiger partial charge in [0.2, 0.25) is 0 Å². The molecule has 1 aromatic carbocycles. The number of amides is 1. The van der Waals surface area contributed by atoms with Crippen LogP contribution in [0.2, 0.25) is 0 Å². The number of rotatable bonds is 1. The number of carboxylic acids is 1. The van der Waals surface area contributed by atoms with Crippen molar-refractivity contribution in [3.05, 3.63) is 29.8 Å². The zero-order valence-corrected chi connectivity index (χ0v) is 12.0. The number of carboxylic acid groups (broad SMARTS) is 1. The third-order valence-electron chi connectivity index (χ3n) is 1.91. The van der Waals surface area contributed by atoms with Gasteiger partial charge in [-0.25, -0.2) is 4.79 Å².